The van der Waals surface area contributed by atoms with Gasteiger partial charge in [0, 0.05) is 25.2 Å². The molecule has 18 heavy (non-hydrogen) atoms. The lowest BCUT2D eigenvalue weighted by Crippen LogP contribution is -2.40. The average molecular weight is 256 g/mol. The smallest absolute Gasteiger partial charge is 0.150 e. The molecule has 1 aliphatic heterocycles. The van der Waals surface area contributed by atoms with Crippen LogP contribution in [0.1, 0.15) is 12.8 Å². The van der Waals surface area contributed by atoms with Crippen molar-refractivity contribution in [2.45, 2.75) is 18.9 Å². The molecule has 1 aliphatic rings. The van der Waals surface area contributed by atoms with E-state index in [9.17, 15) is 8.78 Å². The van der Waals surface area contributed by atoms with Crippen LogP contribution in [-0.2, 0) is 0 Å². The molecule has 100 valence electrons. The summed E-state index contributed by atoms with van der Waals surface area (Å²) in [6, 6.07) is 4.87. The SMILES string of the molecule is NC1CCN(c2ccc(OCCF)cc2F)CC1. The third-order valence-electron chi connectivity index (χ3n) is 3.15. The van der Waals surface area contributed by atoms with Gasteiger partial charge in [0.25, 0.3) is 0 Å². The summed E-state index contributed by atoms with van der Waals surface area (Å²) in [6.07, 6.45) is 1.75. The molecule has 5 heteroatoms. The number of piperidine rings is 1. The van der Waals surface area contributed by atoms with Gasteiger partial charge in [-0.3, -0.25) is 0 Å². The molecule has 0 spiro atoms. The maximum Gasteiger partial charge on any atom is 0.150 e. The Bertz CT molecular complexity index is 393. The van der Waals surface area contributed by atoms with E-state index in [0.717, 1.165) is 25.9 Å². The standard InChI is InChI=1S/C13H18F2N2O/c14-5-8-18-11-1-2-13(12(15)9-11)17-6-3-10(16)4-7-17/h1-2,9-10H,3-8,16H2. The number of rotatable bonds is 4. The third-order valence-corrected chi connectivity index (χ3v) is 3.15. The van der Waals surface area contributed by atoms with Crippen molar-refractivity contribution in [1.29, 1.82) is 0 Å². The van der Waals surface area contributed by atoms with Crippen LogP contribution in [0.15, 0.2) is 18.2 Å². The van der Waals surface area contributed by atoms with E-state index in [1.807, 2.05) is 4.90 Å². The van der Waals surface area contributed by atoms with E-state index in [-0.39, 0.29) is 18.5 Å². The molecule has 2 rings (SSSR count). The predicted octanol–water partition coefficient (Wildman–Crippen LogP) is 2.10. The fourth-order valence-electron chi connectivity index (χ4n) is 2.13. The summed E-state index contributed by atoms with van der Waals surface area (Å²) in [6.45, 7) is 0.913. The Morgan fingerprint density at radius 3 is 2.67 bits per heavy atom. The first-order chi connectivity index (χ1) is 8.70. The van der Waals surface area contributed by atoms with E-state index in [1.54, 1.807) is 12.1 Å². The summed E-state index contributed by atoms with van der Waals surface area (Å²) >= 11 is 0. The molecule has 1 heterocycles. The number of nitrogens with two attached hydrogens (primary N) is 1. The van der Waals surface area contributed by atoms with Gasteiger partial charge < -0.3 is 15.4 Å². The summed E-state index contributed by atoms with van der Waals surface area (Å²) in [5, 5.41) is 0. The molecule has 0 bridgehead atoms. The highest BCUT2D eigenvalue weighted by Crippen LogP contribution is 2.26. The van der Waals surface area contributed by atoms with Gasteiger partial charge in [-0.2, -0.15) is 0 Å². The normalized spacial score (nSPS) is 16.9. The lowest BCUT2D eigenvalue weighted by molar-refractivity contribution is 0.272. The van der Waals surface area contributed by atoms with Crippen molar-refractivity contribution < 1.29 is 13.5 Å². The first-order valence-corrected chi connectivity index (χ1v) is 6.19. The Morgan fingerprint density at radius 2 is 2.06 bits per heavy atom. The molecule has 0 aromatic heterocycles. The van der Waals surface area contributed by atoms with Crippen molar-refractivity contribution in [2.24, 2.45) is 5.73 Å². The Balaban J connectivity index is 2.05. The zero-order chi connectivity index (χ0) is 13.0. The number of alkyl halides is 1. The zero-order valence-electron chi connectivity index (χ0n) is 10.2. The van der Waals surface area contributed by atoms with Gasteiger partial charge >= 0.3 is 0 Å². The van der Waals surface area contributed by atoms with Crippen LogP contribution in [0.25, 0.3) is 0 Å². The van der Waals surface area contributed by atoms with Crippen LogP contribution in [0.5, 0.6) is 5.75 Å². The van der Waals surface area contributed by atoms with Crippen molar-refractivity contribution in [1.82, 2.24) is 0 Å². The molecule has 1 fully saturated rings. The summed E-state index contributed by atoms with van der Waals surface area (Å²) in [5.74, 6) is 0.0319. The summed E-state index contributed by atoms with van der Waals surface area (Å²) in [4.78, 5) is 1.98. The Labute approximate surface area is 106 Å². The van der Waals surface area contributed by atoms with Crippen LogP contribution >= 0.6 is 0 Å². The zero-order valence-corrected chi connectivity index (χ0v) is 10.2. The highest BCUT2D eigenvalue weighted by molar-refractivity contribution is 5.51. The van der Waals surface area contributed by atoms with Gasteiger partial charge in [0.05, 0.1) is 5.69 Å². The number of halogens is 2. The van der Waals surface area contributed by atoms with Crippen molar-refractivity contribution in [2.75, 3.05) is 31.3 Å². The largest absolute Gasteiger partial charge is 0.491 e. The molecule has 0 aliphatic carbocycles. The topological polar surface area (TPSA) is 38.5 Å². The average Bonchev–Trinajstić information content (AvgIpc) is 2.38. The van der Waals surface area contributed by atoms with Crippen LogP contribution in [-0.4, -0.2) is 32.4 Å². The molecule has 0 amide bonds. The molecule has 1 aromatic rings. The van der Waals surface area contributed by atoms with E-state index in [0.29, 0.717) is 11.4 Å². The van der Waals surface area contributed by atoms with Crippen LogP contribution < -0.4 is 15.4 Å². The van der Waals surface area contributed by atoms with Crippen molar-refractivity contribution in [3.63, 3.8) is 0 Å². The van der Waals surface area contributed by atoms with Crippen LogP contribution in [0.2, 0.25) is 0 Å². The lowest BCUT2D eigenvalue weighted by atomic mass is 10.1. The highest BCUT2D eigenvalue weighted by Gasteiger charge is 2.19. The van der Waals surface area contributed by atoms with Gasteiger partial charge in [-0.15, -0.1) is 0 Å². The Morgan fingerprint density at radius 1 is 1.33 bits per heavy atom. The number of nitrogens with zero attached hydrogens (tertiary/aromatic N) is 1. The number of benzene rings is 1. The van der Waals surface area contributed by atoms with Gasteiger partial charge in [-0.25, -0.2) is 8.78 Å². The minimum atomic E-state index is -0.576. The molecule has 2 N–H and O–H groups in total. The second-order valence-corrected chi connectivity index (χ2v) is 4.48. The molecule has 0 unspecified atom stereocenters. The summed E-state index contributed by atoms with van der Waals surface area (Å²) in [5.41, 5.74) is 6.38. The molecule has 1 saturated heterocycles. The first-order valence-electron chi connectivity index (χ1n) is 6.19. The van der Waals surface area contributed by atoms with E-state index in [4.69, 9.17) is 10.5 Å². The number of hydrogen-bond donors (Lipinski definition) is 1. The quantitative estimate of drug-likeness (QED) is 0.896. The number of hydrogen-bond acceptors (Lipinski definition) is 3. The summed E-state index contributed by atoms with van der Waals surface area (Å²) < 4.78 is 30.9. The minimum absolute atomic E-state index is 0.0443. The van der Waals surface area contributed by atoms with Crippen molar-refractivity contribution >= 4 is 5.69 Å². The van der Waals surface area contributed by atoms with Gasteiger partial charge in [-0.1, -0.05) is 0 Å². The second kappa shape index (κ2) is 6.00. The van der Waals surface area contributed by atoms with Crippen molar-refractivity contribution in [3.05, 3.63) is 24.0 Å². The molecular formula is C13H18F2N2O. The van der Waals surface area contributed by atoms with E-state index in [2.05, 4.69) is 0 Å². The van der Waals surface area contributed by atoms with E-state index in [1.165, 1.54) is 6.07 Å². The van der Waals surface area contributed by atoms with Crippen LogP contribution in [0, 0.1) is 5.82 Å². The van der Waals surface area contributed by atoms with Crippen LogP contribution in [0.3, 0.4) is 0 Å². The van der Waals surface area contributed by atoms with Gasteiger partial charge in [0.15, 0.2) is 0 Å². The predicted molar refractivity (Wildman–Crippen MR) is 67.3 cm³/mol. The monoisotopic (exact) mass is 256 g/mol. The number of anilines is 1. The minimum Gasteiger partial charge on any atom is -0.491 e. The van der Waals surface area contributed by atoms with Gasteiger partial charge in [-0.05, 0) is 25.0 Å². The maximum absolute atomic E-state index is 13.9. The number of ether oxygens (including phenoxy) is 1. The molecular weight excluding hydrogens is 238 g/mol. The lowest BCUT2D eigenvalue weighted by Gasteiger charge is -2.32. The Hall–Kier alpha value is -1.36. The fraction of sp³-hybridized carbons (Fsp3) is 0.538. The van der Waals surface area contributed by atoms with E-state index >= 15 is 0 Å². The molecule has 0 atom stereocenters. The molecule has 0 radical (unpaired) electrons. The second-order valence-electron chi connectivity index (χ2n) is 4.48. The Kier molecular flexibility index (Phi) is 4.36. The fourth-order valence-corrected chi connectivity index (χ4v) is 2.13. The van der Waals surface area contributed by atoms with Crippen LogP contribution in [0.4, 0.5) is 14.5 Å². The molecule has 0 saturated carbocycles. The highest BCUT2D eigenvalue weighted by atomic mass is 19.1. The maximum atomic E-state index is 13.9. The van der Waals surface area contributed by atoms with Crippen molar-refractivity contribution in [3.8, 4) is 5.75 Å². The van der Waals surface area contributed by atoms with Gasteiger partial charge in [0.1, 0.15) is 24.8 Å². The summed E-state index contributed by atoms with van der Waals surface area (Å²) in [7, 11) is 0. The first kappa shape index (κ1) is 13.1. The van der Waals surface area contributed by atoms with E-state index < -0.39 is 6.67 Å². The molecule has 3 nitrogen and oxygen atoms in total. The molecule has 1 aromatic carbocycles. The van der Waals surface area contributed by atoms with Gasteiger partial charge in [0.2, 0.25) is 0 Å². The third kappa shape index (κ3) is 3.10.